The molecule has 2 aromatic rings. The molecule has 0 aromatic heterocycles. The third kappa shape index (κ3) is 5.27. The fourth-order valence-corrected chi connectivity index (χ4v) is 3.45. The van der Waals surface area contributed by atoms with Crippen LogP contribution < -0.4 is 10.0 Å². The second kappa shape index (κ2) is 8.62. The normalized spacial score (nSPS) is 11.6. The smallest absolute Gasteiger partial charge is 0.257 e. The van der Waals surface area contributed by atoms with Crippen LogP contribution in [0.4, 0.5) is 10.1 Å². The maximum atomic E-state index is 14.3. The lowest BCUT2D eigenvalue weighted by atomic mass is 10.1. The Morgan fingerprint density at radius 1 is 1.19 bits per heavy atom. The van der Waals surface area contributed by atoms with Crippen molar-refractivity contribution in [2.75, 3.05) is 11.9 Å². The van der Waals surface area contributed by atoms with Crippen molar-refractivity contribution < 1.29 is 17.6 Å². The van der Waals surface area contributed by atoms with Gasteiger partial charge in [0.25, 0.3) is 5.91 Å². The molecular formula is C18H20ClFN2O3S. The number of nitrogens with one attached hydrogen (secondary N) is 2. The van der Waals surface area contributed by atoms with Crippen LogP contribution in [0.25, 0.3) is 0 Å². The standard InChI is InChI=1S/C18H20ClFN2O3S/c1-12(2)9-10-21-26(24,25)13-7-8-17(16(20)11-13)22-18(23)14-5-3-4-6-15(14)19/h3-8,11-12,21H,9-10H2,1-2H3,(H,22,23). The van der Waals surface area contributed by atoms with E-state index in [1.165, 1.54) is 18.2 Å². The number of amides is 1. The maximum absolute atomic E-state index is 14.3. The lowest BCUT2D eigenvalue weighted by Gasteiger charge is -2.11. The Morgan fingerprint density at radius 2 is 1.88 bits per heavy atom. The van der Waals surface area contributed by atoms with Crippen molar-refractivity contribution in [1.82, 2.24) is 4.72 Å². The molecule has 0 radical (unpaired) electrons. The third-order valence-electron chi connectivity index (χ3n) is 3.63. The molecule has 0 saturated carbocycles. The number of carbonyl (C=O) groups is 1. The number of carbonyl (C=O) groups excluding carboxylic acids is 1. The number of anilines is 1. The summed E-state index contributed by atoms with van der Waals surface area (Å²) in [4.78, 5) is 12.0. The van der Waals surface area contributed by atoms with Gasteiger partial charge in [0, 0.05) is 6.54 Å². The van der Waals surface area contributed by atoms with Crippen LogP contribution in [-0.4, -0.2) is 20.9 Å². The van der Waals surface area contributed by atoms with E-state index in [-0.39, 0.29) is 27.7 Å². The van der Waals surface area contributed by atoms with Crippen molar-refractivity contribution in [3.05, 3.63) is 58.9 Å². The topological polar surface area (TPSA) is 75.3 Å². The van der Waals surface area contributed by atoms with Crippen LogP contribution in [0, 0.1) is 11.7 Å². The highest BCUT2D eigenvalue weighted by atomic mass is 35.5. The molecule has 0 aliphatic rings. The van der Waals surface area contributed by atoms with Crippen molar-refractivity contribution in [1.29, 1.82) is 0 Å². The molecule has 140 valence electrons. The molecule has 0 aliphatic carbocycles. The summed E-state index contributed by atoms with van der Waals surface area (Å²) in [5, 5.41) is 2.63. The number of halogens is 2. The molecule has 26 heavy (non-hydrogen) atoms. The van der Waals surface area contributed by atoms with E-state index in [9.17, 15) is 17.6 Å². The van der Waals surface area contributed by atoms with Gasteiger partial charge in [-0.2, -0.15) is 0 Å². The highest BCUT2D eigenvalue weighted by Crippen LogP contribution is 2.21. The zero-order chi connectivity index (χ0) is 19.3. The summed E-state index contributed by atoms with van der Waals surface area (Å²) in [6.07, 6.45) is 0.674. The van der Waals surface area contributed by atoms with E-state index in [0.717, 1.165) is 6.07 Å². The number of benzene rings is 2. The Labute approximate surface area is 157 Å². The van der Waals surface area contributed by atoms with Gasteiger partial charge in [0.2, 0.25) is 10.0 Å². The Balaban J connectivity index is 2.14. The molecular weight excluding hydrogens is 379 g/mol. The largest absolute Gasteiger partial charge is 0.319 e. The van der Waals surface area contributed by atoms with Gasteiger partial charge in [0.1, 0.15) is 5.82 Å². The summed E-state index contributed by atoms with van der Waals surface area (Å²) in [6.45, 7) is 4.22. The first-order chi connectivity index (χ1) is 12.2. The molecule has 0 bridgehead atoms. The van der Waals surface area contributed by atoms with E-state index in [2.05, 4.69) is 10.0 Å². The molecule has 2 N–H and O–H groups in total. The highest BCUT2D eigenvalue weighted by Gasteiger charge is 2.18. The summed E-state index contributed by atoms with van der Waals surface area (Å²) in [7, 11) is -3.81. The predicted molar refractivity (Wildman–Crippen MR) is 100 cm³/mol. The molecule has 0 spiro atoms. The lowest BCUT2D eigenvalue weighted by molar-refractivity contribution is 0.102. The van der Waals surface area contributed by atoms with Gasteiger partial charge in [0.15, 0.2) is 0 Å². The molecule has 2 aromatic carbocycles. The van der Waals surface area contributed by atoms with Crippen LogP contribution in [0.2, 0.25) is 5.02 Å². The molecule has 0 atom stereocenters. The first-order valence-electron chi connectivity index (χ1n) is 8.06. The maximum Gasteiger partial charge on any atom is 0.257 e. The van der Waals surface area contributed by atoms with Crippen molar-refractivity contribution >= 4 is 33.2 Å². The van der Waals surface area contributed by atoms with Gasteiger partial charge in [-0.05, 0) is 42.7 Å². The molecule has 0 unspecified atom stereocenters. The summed E-state index contributed by atoms with van der Waals surface area (Å²) in [5.41, 5.74) is 0.0664. The van der Waals surface area contributed by atoms with E-state index < -0.39 is 21.7 Å². The Morgan fingerprint density at radius 3 is 2.50 bits per heavy atom. The van der Waals surface area contributed by atoms with Gasteiger partial charge in [-0.15, -0.1) is 0 Å². The van der Waals surface area contributed by atoms with Gasteiger partial charge in [-0.1, -0.05) is 37.6 Å². The van der Waals surface area contributed by atoms with Crippen LogP contribution >= 0.6 is 11.6 Å². The van der Waals surface area contributed by atoms with Crippen molar-refractivity contribution in [2.45, 2.75) is 25.2 Å². The molecule has 2 rings (SSSR count). The third-order valence-corrected chi connectivity index (χ3v) is 5.42. The van der Waals surface area contributed by atoms with E-state index in [4.69, 9.17) is 11.6 Å². The Kier molecular flexibility index (Phi) is 6.75. The van der Waals surface area contributed by atoms with Crippen LogP contribution in [0.3, 0.4) is 0 Å². The van der Waals surface area contributed by atoms with Crippen molar-refractivity contribution in [3.8, 4) is 0 Å². The Hall–Kier alpha value is -1.96. The van der Waals surface area contributed by atoms with Crippen molar-refractivity contribution in [3.63, 3.8) is 0 Å². The van der Waals surface area contributed by atoms with Crippen LogP contribution in [0.5, 0.6) is 0 Å². The van der Waals surface area contributed by atoms with Gasteiger partial charge < -0.3 is 5.32 Å². The quantitative estimate of drug-likeness (QED) is 0.738. The molecule has 0 heterocycles. The fourth-order valence-electron chi connectivity index (χ4n) is 2.16. The SMILES string of the molecule is CC(C)CCNS(=O)(=O)c1ccc(NC(=O)c2ccccc2Cl)c(F)c1. The molecule has 5 nitrogen and oxygen atoms in total. The summed E-state index contributed by atoms with van der Waals surface area (Å²) < 4.78 is 41.1. The first kappa shape index (κ1) is 20.4. The van der Waals surface area contributed by atoms with Crippen LogP contribution in [-0.2, 0) is 10.0 Å². The minimum absolute atomic E-state index is 0.129. The molecule has 1 amide bonds. The lowest BCUT2D eigenvalue weighted by Crippen LogP contribution is -2.25. The minimum Gasteiger partial charge on any atom is -0.319 e. The van der Waals surface area contributed by atoms with Gasteiger partial charge in [-0.3, -0.25) is 4.79 Å². The molecule has 8 heteroatoms. The molecule has 0 saturated heterocycles. The number of hydrogen-bond donors (Lipinski definition) is 2. The van der Waals surface area contributed by atoms with E-state index >= 15 is 0 Å². The molecule has 0 fully saturated rings. The summed E-state index contributed by atoms with van der Waals surface area (Å²) in [5.74, 6) is -1.09. The molecule has 0 aliphatic heterocycles. The van der Waals surface area contributed by atoms with E-state index in [1.54, 1.807) is 18.2 Å². The van der Waals surface area contributed by atoms with Crippen LogP contribution in [0.1, 0.15) is 30.6 Å². The second-order valence-corrected chi connectivity index (χ2v) is 8.33. The summed E-state index contributed by atoms with van der Waals surface area (Å²) in [6, 6.07) is 9.68. The number of sulfonamides is 1. The zero-order valence-corrected chi connectivity index (χ0v) is 16.0. The van der Waals surface area contributed by atoms with E-state index in [0.29, 0.717) is 12.3 Å². The monoisotopic (exact) mass is 398 g/mol. The second-order valence-electron chi connectivity index (χ2n) is 6.16. The summed E-state index contributed by atoms with van der Waals surface area (Å²) >= 11 is 5.94. The van der Waals surface area contributed by atoms with Crippen LogP contribution in [0.15, 0.2) is 47.4 Å². The average Bonchev–Trinajstić information content (AvgIpc) is 2.56. The van der Waals surface area contributed by atoms with Gasteiger partial charge in [0.05, 0.1) is 21.2 Å². The van der Waals surface area contributed by atoms with Gasteiger partial charge >= 0.3 is 0 Å². The Bertz CT molecular complexity index is 901. The predicted octanol–water partition coefficient (Wildman–Crippen LogP) is 4.06. The van der Waals surface area contributed by atoms with Crippen molar-refractivity contribution in [2.24, 2.45) is 5.92 Å². The van der Waals surface area contributed by atoms with Gasteiger partial charge in [-0.25, -0.2) is 17.5 Å². The van der Waals surface area contributed by atoms with E-state index in [1.807, 2.05) is 13.8 Å². The average molecular weight is 399 g/mol. The minimum atomic E-state index is -3.81. The number of rotatable bonds is 7. The number of hydrogen-bond acceptors (Lipinski definition) is 3. The zero-order valence-electron chi connectivity index (χ0n) is 14.4. The first-order valence-corrected chi connectivity index (χ1v) is 9.92. The highest BCUT2D eigenvalue weighted by molar-refractivity contribution is 7.89. The fraction of sp³-hybridized carbons (Fsp3) is 0.278.